The van der Waals surface area contributed by atoms with E-state index in [1.54, 1.807) is 49.5 Å². The lowest BCUT2D eigenvalue weighted by molar-refractivity contribution is -0.119. The number of methoxy groups -OCH3 is 1. The van der Waals surface area contributed by atoms with Crippen LogP contribution < -0.4 is 10.1 Å². The van der Waals surface area contributed by atoms with Crippen LogP contribution in [0.15, 0.2) is 58.2 Å². The number of aryl methyl sites for hydroxylation is 1. The molecule has 0 unspecified atom stereocenters. The Kier molecular flexibility index (Phi) is 6.85. The molecule has 0 aliphatic heterocycles. The van der Waals surface area contributed by atoms with Crippen LogP contribution in [0, 0.1) is 6.92 Å². The molecule has 9 heteroatoms. The Morgan fingerprint density at radius 3 is 2.83 bits per heavy atom. The van der Waals surface area contributed by atoms with Gasteiger partial charge in [0.2, 0.25) is 0 Å². The maximum Gasteiger partial charge on any atom is 0.341 e. The van der Waals surface area contributed by atoms with E-state index in [1.165, 1.54) is 18.9 Å². The Labute approximate surface area is 171 Å². The molecule has 2 aromatic heterocycles. The summed E-state index contributed by atoms with van der Waals surface area (Å²) in [6.45, 7) is 1.39. The fraction of sp³-hybridized carbons (Fsp3) is 0.200. The van der Waals surface area contributed by atoms with Gasteiger partial charge in [0.05, 0.1) is 18.4 Å². The molecule has 0 bridgehead atoms. The third kappa shape index (κ3) is 5.82. The molecule has 0 spiro atoms. The molecule has 1 N–H and O–H groups in total. The van der Waals surface area contributed by atoms with Gasteiger partial charge in [-0.25, -0.2) is 9.78 Å². The number of benzene rings is 1. The minimum absolute atomic E-state index is 0.284. The molecule has 150 valence electrons. The second-order valence-corrected chi connectivity index (χ2v) is 6.89. The fourth-order valence-corrected chi connectivity index (χ4v) is 3.26. The molecule has 0 saturated carbocycles. The number of hydrogen-bond donors (Lipinski definition) is 1. The van der Waals surface area contributed by atoms with Gasteiger partial charge in [-0.3, -0.25) is 4.79 Å². The van der Waals surface area contributed by atoms with Crippen molar-refractivity contribution in [3.8, 4) is 5.75 Å². The van der Waals surface area contributed by atoms with Gasteiger partial charge in [0.15, 0.2) is 6.61 Å². The highest BCUT2D eigenvalue weighted by molar-refractivity contribution is 7.98. The van der Waals surface area contributed by atoms with Gasteiger partial charge in [0, 0.05) is 29.8 Å². The van der Waals surface area contributed by atoms with E-state index in [9.17, 15) is 9.59 Å². The molecule has 0 aliphatic rings. The molecule has 3 aromatic rings. The minimum atomic E-state index is -0.627. The third-order valence-electron chi connectivity index (χ3n) is 3.71. The second kappa shape index (κ2) is 9.74. The first kappa shape index (κ1) is 20.4. The second-order valence-electron chi connectivity index (χ2n) is 5.93. The molecule has 2 heterocycles. The van der Waals surface area contributed by atoms with Gasteiger partial charge in [-0.05, 0) is 31.2 Å². The van der Waals surface area contributed by atoms with Crippen molar-refractivity contribution in [1.29, 1.82) is 0 Å². The first-order valence-electron chi connectivity index (χ1n) is 8.66. The number of pyridine rings is 1. The van der Waals surface area contributed by atoms with Gasteiger partial charge in [-0.2, -0.15) is 0 Å². The molecule has 0 fully saturated rings. The summed E-state index contributed by atoms with van der Waals surface area (Å²) in [6.07, 6.45) is 1.59. The zero-order valence-electron chi connectivity index (χ0n) is 15.9. The molecule has 0 atom stereocenters. The summed E-state index contributed by atoms with van der Waals surface area (Å²) in [5.41, 5.74) is 1.58. The highest BCUT2D eigenvalue weighted by Gasteiger charge is 2.16. The molecule has 0 radical (unpaired) electrons. The molecule has 1 aromatic carbocycles. The topological polar surface area (TPSA) is 104 Å². The number of carbonyl (C=O) groups excluding carboxylic acids is 2. The van der Waals surface area contributed by atoms with Gasteiger partial charge < -0.3 is 19.3 Å². The van der Waals surface area contributed by atoms with Crippen molar-refractivity contribution in [2.75, 3.05) is 19.0 Å². The Morgan fingerprint density at radius 2 is 2.07 bits per heavy atom. The van der Waals surface area contributed by atoms with Crippen LogP contribution in [0.5, 0.6) is 5.75 Å². The molecule has 0 saturated heterocycles. The van der Waals surface area contributed by atoms with E-state index in [0.717, 1.165) is 5.69 Å². The third-order valence-corrected chi connectivity index (χ3v) is 4.75. The highest BCUT2D eigenvalue weighted by atomic mass is 32.2. The largest absolute Gasteiger partial charge is 0.497 e. The summed E-state index contributed by atoms with van der Waals surface area (Å²) in [4.78, 5) is 28.7. The van der Waals surface area contributed by atoms with E-state index >= 15 is 0 Å². The van der Waals surface area contributed by atoms with Gasteiger partial charge >= 0.3 is 5.97 Å². The highest BCUT2D eigenvalue weighted by Crippen LogP contribution is 2.24. The number of esters is 1. The number of ether oxygens (including phenoxy) is 2. The molecule has 8 nitrogen and oxygen atoms in total. The van der Waals surface area contributed by atoms with Crippen LogP contribution >= 0.6 is 11.8 Å². The van der Waals surface area contributed by atoms with Crippen LogP contribution in [0.2, 0.25) is 0 Å². The zero-order chi connectivity index (χ0) is 20.6. The minimum Gasteiger partial charge on any atom is -0.497 e. The number of hydrogen-bond acceptors (Lipinski definition) is 8. The quantitative estimate of drug-likeness (QED) is 0.442. The number of rotatable bonds is 8. The number of nitrogens with one attached hydrogen (secondary N) is 1. The summed E-state index contributed by atoms with van der Waals surface area (Å²) >= 11 is 1.33. The predicted octanol–water partition coefficient (Wildman–Crippen LogP) is 3.47. The Bertz CT molecular complexity index is 1010. The SMILES string of the molecule is COc1cccc(NC(=O)COC(=O)c2cccnc2SCc2cc(C)on2)c1. The van der Waals surface area contributed by atoms with Crippen molar-refractivity contribution < 1.29 is 23.6 Å². The van der Waals surface area contributed by atoms with E-state index in [-0.39, 0.29) is 5.56 Å². The molecule has 29 heavy (non-hydrogen) atoms. The summed E-state index contributed by atoms with van der Waals surface area (Å²) in [7, 11) is 1.54. The van der Waals surface area contributed by atoms with Crippen LogP contribution in [0.3, 0.4) is 0 Å². The molecule has 0 aliphatic carbocycles. The van der Waals surface area contributed by atoms with Crippen LogP contribution in [-0.4, -0.2) is 35.7 Å². The Balaban J connectivity index is 1.56. The van der Waals surface area contributed by atoms with E-state index in [4.69, 9.17) is 14.0 Å². The number of aromatic nitrogens is 2. The van der Waals surface area contributed by atoms with E-state index < -0.39 is 18.5 Å². The summed E-state index contributed by atoms with van der Waals surface area (Å²) < 4.78 is 15.3. The number of anilines is 1. The average Bonchev–Trinajstić information content (AvgIpc) is 3.16. The lowest BCUT2D eigenvalue weighted by atomic mass is 10.3. The van der Waals surface area contributed by atoms with Crippen molar-refractivity contribution in [2.24, 2.45) is 0 Å². The Morgan fingerprint density at radius 1 is 1.21 bits per heavy atom. The normalized spacial score (nSPS) is 10.4. The van der Waals surface area contributed by atoms with Gasteiger partial charge in [-0.1, -0.05) is 23.0 Å². The predicted molar refractivity (Wildman–Crippen MR) is 107 cm³/mol. The van der Waals surface area contributed by atoms with Crippen LogP contribution in [-0.2, 0) is 15.3 Å². The Hall–Kier alpha value is -3.33. The number of thioether (sulfide) groups is 1. The molecular weight excluding hydrogens is 394 g/mol. The smallest absolute Gasteiger partial charge is 0.341 e. The first-order chi connectivity index (χ1) is 14.0. The monoisotopic (exact) mass is 413 g/mol. The van der Waals surface area contributed by atoms with E-state index in [0.29, 0.717) is 28.0 Å². The van der Waals surface area contributed by atoms with Crippen LogP contribution in [0.25, 0.3) is 0 Å². The van der Waals surface area contributed by atoms with Crippen molar-refractivity contribution in [3.63, 3.8) is 0 Å². The lowest BCUT2D eigenvalue weighted by Crippen LogP contribution is -2.21. The van der Waals surface area contributed by atoms with Gasteiger partial charge in [0.25, 0.3) is 5.91 Å². The average molecular weight is 413 g/mol. The summed E-state index contributed by atoms with van der Waals surface area (Å²) in [5, 5.41) is 7.06. The van der Waals surface area contributed by atoms with Gasteiger partial charge in [-0.15, -0.1) is 0 Å². The molecular formula is C20H19N3O5S. The standard InChI is InChI=1S/C20H19N3O5S/c1-13-9-15(23-28-13)12-29-19-17(7-4-8-21-19)20(25)27-11-18(24)22-14-5-3-6-16(10-14)26-2/h3-10H,11-12H2,1-2H3,(H,22,24). The number of amides is 1. The van der Waals surface area contributed by atoms with Gasteiger partial charge in [0.1, 0.15) is 16.5 Å². The fourth-order valence-electron chi connectivity index (χ4n) is 2.40. The maximum absolute atomic E-state index is 12.4. The van der Waals surface area contributed by atoms with Crippen molar-refractivity contribution in [3.05, 3.63) is 65.7 Å². The van der Waals surface area contributed by atoms with Crippen LogP contribution in [0.1, 0.15) is 21.8 Å². The zero-order valence-corrected chi connectivity index (χ0v) is 16.7. The van der Waals surface area contributed by atoms with Crippen LogP contribution in [0.4, 0.5) is 5.69 Å². The van der Waals surface area contributed by atoms with Crippen molar-refractivity contribution >= 4 is 29.3 Å². The van der Waals surface area contributed by atoms with E-state index in [2.05, 4.69) is 15.5 Å². The van der Waals surface area contributed by atoms with E-state index in [1.807, 2.05) is 6.07 Å². The summed E-state index contributed by atoms with van der Waals surface area (Å²) in [5.74, 6) is 0.730. The van der Waals surface area contributed by atoms with Crippen molar-refractivity contribution in [1.82, 2.24) is 10.1 Å². The molecule has 1 amide bonds. The maximum atomic E-state index is 12.4. The number of nitrogens with zero attached hydrogens (tertiary/aromatic N) is 2. The summed E-state index contributed by atoms with van der Waals surface area (Å²) in [6, 6.07) is 11.9. The number of carbonyl (C=O) groups is 2. The lowest BCUT2D eigenvalue weighted by Gasteiger charge is -2.09. The molecule has 3 rings (SSSR count). The first-order valence-corrected chi connectivity index (χ1v) is 9.65. The van der Waals surface area contributed by atoms with Crippen molar-refractivity contribution in [2.45, 2.75) is 17.7 Å².